The van der Waals surface area contributed by atoms with E-state index >= 15 is 9.59 Å². The van der Waals surface area contributed by atoms with Gasteiger partial charge in [-0.25, -0.2) is 19.2 Å². The van der Waals surface area contributed by atoms with Crippen molar-refractivity contribution < 1.29 is 81.3 Å². The fraction of sp³-hybridized carbons (Fsp3) is 0.558. The molecule has 2 bridgehead atoms. The molecule has 0 aromatic heterocycles. The highest BCUT2D eigenvalue weighted by atomic mass is 16.6. The van der Waals surface area contributed by atoms with Crippen molar-refractivity contribution in [3.63, 3.8) is 0 Å². The molecule has 1 amide bonds. The molecule has 2 N–H and O–H groups in total. The molecular formula is C52H65NO17. The molecule has 2 aromatic carbocycles. The van der Waals surface area contributed by atoms with E-state index in [4.69, 9.17) is 42.6 Å². The number of esters is 4. The molecule has 380 valence electrons. The normalized spacial score (nSPS) is 29.7. The standard InChI is InChI=1S/C52H65NO17/c1-28(2)33(55)25-64-26-37(56)67-41(39(31-19-15-13-16-20-31)53-47(60)70-48(5,6)7)46(59)66-34-24-52(61)44(68-45(58)32-21-17-14-18-22-32)42-50(10,43(57)40(63-12)38(29(34)3)49(52,8)9)35(62-11)23-36-51(42,27-65-36)69-30(4)54/h13-22,34-36,39-42,44,61H,1,23-27H2,2-12H3,(H,53,60)/t34-,35-,36+,39-,40+,41+,42-,44-,50+,51-,52+/m0/s1. The van der Waals surface area contributed by atoms with Gasteiger partial charge in [0.2, 0.25) is 6.10 Å². The molecule has 2 saturated carbocycles. The summed E-state index contributed by atoms with van der Waals surface area (Å²) in [6.45, 7) is 16.1. The van der Waals surface area contributed by atoms with Gasteiger partial charge in [-0.3, -0.25) is 14.4 Å². The molecule has 4 aliphatic rings. The van der Waals surface area contributed by atoms with E-state index in [2.05, 4.69) is 11.9 Å². The minimum atomic E-state index is -2.33. The van der Waals surface area contributed by atoms with Gasteiger partial charge in [0, 0.05) is 39.4 Å². The molecule has 18 nitrogen and oxygen atoms in total. The van der Waals surface area contributed by atoms with Gasteiger partial charge in [0.25, 0.3) is 0 Å². The lowest BCUT2D eigenvalue weighted by atomic mass is 9.44. The van der Waals surface area contributed by atoms with E-state index in [0.717, 1.165) is 0 Å². The third kappa shape index (κ3) is 10.1. The smallest absolute Gasteiger partial charge is 0.408 e. The Hall–Kier alpha value is -5.79. The zero-order valence-corrected chi connectivity index (χ0v) is 41.6. The number of ketones is 2. The van der Waals surface area contributed by atoms with Crippen LogP contribution in [-0.2, 0) is 66.6 Å². The summed E-state index contributed by atoms with van der Waals surface area (Å²) in [5, 5.41) is 16.6. The van der Waals surface area contributed by atoms with E-state index in [-0.39, 0.29) is 40.9 Å². The van der Waals surface area contributed by atoms with Gasteiger partial charge in [0.05, 0.1) is 29.6 Å². The van der Waals surface area contributed by atoms with Crippen molar-refractivity contribution in [2.75, 3.05) is 34.0 Å². The van der Waals surface area contributed by atoms with Gasteiger partial charge in [0.1, 0.15) is 54.9 Å². The highest BCUT2D eigenvalue weighted by Gasteiger charge is 2.78. The number of methoxy groups -OCH3 is 2. The van der Waals surface area contributed by atoms with Crippen LogP contribution in [0.15, 0.2) is 84.0 Å². The molecule has 2 aromatic rings. The van der Waals surface area contributed by atoms with Crippen molar-refractivity contribution in [2.24, 2.45) is 16.7 Å². The van der Waals surface area contributed by atoms with Crippen LogP contribution in [0.5, 0.6) is 0 Å². The summed E-state index contributed by atoms with van der Waals surface area (Å²) in [4.78, 5) is 97.9. The number of carbonyl (C=O) groups excluding carboxylic acids is 7. The van der Waals surface area contributed by atoms with E-state index in [1.165, 1.54) is 40.2 Å². The van der Waals surface area contributed by atoms with Crippen molar-refractivity contribution in [1.82, 2.24) is 5.32 Å². The zero-order chi connectivity index (χ0) is 51.7. The molecule has 70 heavy (non-hydrogen) atoms. The van der Waals surface area contributed by atoms with E-state index in [1.54, 1.807) is 97.0 Å². The summed E-state index contributed by atoms with van der Waals surface area (Å²) >= 11 is 0. The molecule has 6 rings (SSSR count). The number of nitrogens with one attached hydrogen (secondary N) is 1. The molecule has 1 saturated heterocycles. The van der Waals surface area contributed by atoms with Crippen LogP contribution in [0, 0.1) is 16.7 Å². The van der Waals surface area contributed by atoms with Crippen LogP contribution in [0.4, 0.5) is 4.79 Å². The molecular weight excluding hydrogens is 911 g/mol. The Morgan fingerprint density at radius 1 is 0.914 bits per heavy atom. The van der Waals surface area contributed by atoms with Gasteiger partial charge in [-0.05, 0) is 76.0 Å². The lowest BCUT2D eigenvalue weighted by Gasteiger charge is -2.67. The minimum Gasteiger partial charge on any atom is -0.455 e. The number of carbonyl (C=O) groups is 7. The van der Waals surface area contributed by atoms with Crippen molar-refractivity contribution in [3.05, 3.63) is 95.1 Å². The third-order valence-corrected chi connectivity index (χ3v) is 14.2. The van der Waals surface area contributed by atoms with Crippen molar-refractivity contribution in [2.45, 2.75) is 135 Å². The first-order valence-electron chi connectivity index (χ1n) is 23.1. The summed E-state index contributed by atoms with van der Waals surface area (Å²) in [6, 6.07) is 14.6. The summed E-state index contributed by atoms with van der Waals surface area (Å²) in [5.74, 6) is -6.40. The zero-order valence-electron chi connectivity index (χ0n) is 41.6. The topological polar surface area (TPSA) is 235 Å². The van der Waals surface area contributed by atoms with Gasteiger partial charge < -0.3 is 53.1 Å². The second-order valence-corrected chi connectivity index (χ2v) is 20.2. The van der Waals surface area contributed by atoms with E-state index in [1.807, 2.05) is 0 Å². The van der Waals surface area contributed by atoms with Gasteiger partial charge in [-0.1, -0.05) is 69.0 Å². The maximum absolute atomic E-state index is 15.8. The van der Waals surface area contributed by atoms with Crippen LogP contribution >= 0.6 is 0 Å². The number of rotatable bonds is 16. The van der Waals surface area contributed by atoms with Crippen molar-refractivity contribution >= 4 is 41.5 Å². The SMILES string of the molecule is C=C(C)C(=O)COCC(=O)O[C@@H](C(=O)O[C@H]1C[C@@]2(O)[C@@H](OC(=O)c3ccccc3)[C@@H]3[C@]4(OC(C)=O)CO[C@@H]4C[C@H](OC)[C@@]3(C)C(=O)[C@H](OC)C(=C1C)C2(C)C)[C@@H](NC(=O)OC(C)(C)C)c1ccccc1. The molecule has 1 heterocycles. The number of hydrogen-bond donors (Lipinski definition) is 2. The highest BCUT2D eigenvalue weighted by molar-refractivity contribution is 5.95. The highest BCUT2D eigenvalue weighted by Crippen LogP contribution is 2.65. The molecule has 1 aliphatic heterocycles. The van der Waals surface area contributed by atoms with E-state index in [0.29, 0.717) is 0 Å². The predicted octanol–water partition coefficient (Wildman–Crippen LogP) is 5.28. The first kappa shape index (κ1) is 53.6. The first-order valence-corrected chi connectivity index (χ1v) is 23.1. The molecule has 11 atom stereocenters. The Balaban J connectivity index is 1.53. The average molecular weight is 976 g/mol. The average Bonchev–Trinajstić information content (AvgIpc) is 3.28. The quantitative estimate of drug-likeness (QED) is 0.0942. The van der Waals surface area contributed by atoms with Gasteiger partial charge in [-0.15, -0.1) is 0 Å². The van der Waals surface area contributed by atoms with E-state index in [9.17, 15) is 29.1 Å². The Morgan fingerprint density at radius 2 is 1.54 bits per heavy atom. The molecule has 0 spiro atoms. The number of ether oxygens (including phenoxy) is 9. The number of fused-ring (bicyclic) bond motifs is 5. The van der Waals surface area contributed by atoms with Gasteiger partial charge in [0.15, 0.2) is 17.2 Å². The third-order valence-electron chi connectivity index (χ3n) is 14.2. The lowest BCUT2D eigenvalue weighted by molar-refractivity contribution is -0.347. The van der Waals surface area contributed by atoms with Crippen LogP contribution in [0.25, 0.3) is 0 Å². The molecule has 3 aliphatic carbocycles. The first-order chi connectivity index (χ1) is 32.8. The Morgan fingerprint density at radius 3 is 2.09 bits per heavy atom. The Labute approximate surface area is 407 Å². The largest absolute Gasteiger partial charge is 0.455 e. The van der Waals surface area contributed by atoms with Crippen LogP contribution < -0.4 is 5.32 Å². The van der Waals surface area contributed by atoms with Crippen LogP contribution in [-0.4, -0.2) is 134 Å². The Bertz CT molecular complexity index is 2390. The number of alkyl carbamates (subject to hydrolysis) is 1. The Kier molecular flexibility index (Phi) is 15.7. The van der Waals surface area contributed by atoms with Crippen LogP contribution in [0.2, 0.25) is 0 Å². The maximum Gasteiger partial charge on any atom is 0.408 e. The minimum absolute atomic E-state index is 0.0770. The second kappa shape index (κ2) is 20.5. The number of benzene rings is 2. The number of amides is 1. The fourth-order valence-corrected chi connectivity index (χ4v) is 10.7. The molecule has 18 heteroatoms. The summed E-state index contributed by atoms with van der Waals surface area (Å²) in [5.41, 5.74) is -7.26. The van der Waals surface area contributed by atoms with E-state index < -0.39 is 137 Å². The molecule has 0 unspecified atom stereocenters. The van der Waals surface area contributed by atoms with Crippen molar-refractivity contribution in [3.8, 4) is 0 Å². The number of hydrogen-bond acceptors (Lipinski definition) is 17. The van der Waals surface area contributed by atoms with Gasteiger partial charge >= 0.3 is 30.0 Å². The van der Waals surface area contributed by atoms with Crippen LogP contribution in [0.3, 0.4) is 0 Å². The molecule has 3 fully saturated rings. The summed E-state index contributed by atoms with van der Waals surface area (Å²) in [6.07, 6.45) is -9.96. The second-order valence-electron chi connectivity index (χ2n) is 20.2. The summed E-state index contributed by atoms with van der Waals surface area (Å²) < 4.78 is 54.1. The predicted molar refractivity (Wildman–Crippen MR) is 248 cm³/mol. The van der Waals surface area contributed by atoms with Crippen molar-refractivity contribution in [1.29, 1.82) is 0 Å². The van der Waals surface area contributed by atoms with Gasteiger partial charge in [-0.2, -0.15) is 0 Å². The monoisotopic (exact) mass is 975 g/mol. The number of aliphatic hydroxyl groups is 1. The number of Topliss-reactive ketones (excluding diaryl/α,β-unsaturated/α-hetero) is 2. The molecule has 0 radical (unpaired) electrons. The lowest BCUT2D eigenvalue weighted by Crippen LogP contribution is -2.82. The summed E-state index contributed by atoms with van der Waals surface area (Å²) in [7, 11) is 2.73. The van der Waals surface area contributed by atoms with Crippen LogP contribution in [0.1, 0.15) is 97.1 Å². The maximum atomic E-state index is 15.8. The fourth-order valence-electron chi connectivity index (χ4n) is 10.7.